The van der Waals surface area contributed by atoms with Crippen LogP contribution in [0.15, 0.2) is 0 Å². The second-order valence-corrected chi connectivity index (χ2v) is 0. The van der Waals surface area contributed by atoms with Gasteiger partial charge in [-0.3, -0.25) is 0 Å². The summed E-state index contributed by atoms with van der Waals surface area (Å²) in [6.45, 7) is 0. The van der Waals surface area contributed by atoms with E-state index < -0.39 is 0 Å². The van der Waals surface area contributed by atoms with E-state index in [0.29, 0.717) is 0 Å². The molecule has 0 bridgehead atoms. The third-order valence-electron chi connectivity index (χ3n) is 0. The van der Waals surface area contributed by atoms with E-state index in [1.165, 1.54) is 0 Å². The van der Waals surface area contributed by atoms with Crippen LogP contribution in [0.5, 0.6) is 0 Å². The Morgan fingerprint density at radius 3 is 0.667 bits per heavy atom. The molecule has 0 heterocycles. The first-order valence-corrected chi connectivity index (χ1v) is 0. The first-order chi connectivity index (χ1) is 0. The number of rotatable bonds is 0. The third-order valence-corrected chi connectivity index (χ3v) is 0. The largest absolute Gasteiger partial charge is 4.00 e. The summed E-state index contributed by atoms with van der Waals surface area (Å²) in [7, 11) is 0. The van der Waals surface area contributed by atoms with Gasteiger partial charge in [0.05, 0.1) is 0 Å². The van der Waals surface area contributed by atoms with Crippen molar-refractivity contribution in [3.63, 3.8) is 0 Å². The van der Waals surface area contributed by atoms with Crippen molar-refractivity contribution in [1.82, 2.24) is 0 Å². The molecule has 0 N–H and O–H groups in total. The summed E-state index contributed by atoms with van der Waals surface area (Å²) in [6, 6.07) is 0. The molecule has 0 fully saturated rings. The first kappa shape index (κ1) is 115. The summed E-state index contributed by atoms with van der Waals surface area (Å²) >= 11 is 0. The van der Waals surface area contributed by atoms with Gasteiger partial charge in [0.1, 0.15) is 0 Å². The predicted octanol–water partition coefficient (Wildman–Crippen LogP) is -3.15. The Morgan fingerprint density at radius 1 is 0.667 bits per heavy atom. The number of hydrogen-bond acceptors (Lipinski definition) is 0. The molecule has 0 aliphatic carbocycles. The molecule has 0 amide bonds. The topological polar surface area (TPSA) is 57.0 Å². The predicted molar refractivity (Wildman–Crippen MR) is 24.0 cm³/mol. The van der Waals surface area contributed by atoms with Gasteiger partial charge in [-0.15, -0.1) is 0 Å². The van der Waals surface area contributed by atoms with Gasteiger partial charge < -0.3 is 11.0 Å². The first-order valence-electron chi connectivity index (χ1n) is 0. The maximum absolute atomic E-state index is 0. The molecule has 6 heavy (non-hydrogen) atoms. The normalized spacial score (nSPS) is 0. The molecule has 0 unspecified atom stereocenters. The summed E-state index contributed by atoms with van der Waals surface area (Å²) in [4.78, 5) is 0. The van der Waals surface area contributed by atoms with E-state index in [2.05, 4.69) is 0 Å². The van der Waals surface area contributed by atoms with E-state index >= 15 is 0 Å². The molecule has 0 spiro atoms. The second kappa shape index (κ2) is 72.6. The van der Waals surface area contributed by atoms with Crippen molar-refractivity contribution in [1.29, 1.82) is 0 Å². The Bertz CT molecular complexity index is 11.5. The minimum atomic E-state index is 0. The van der Waals surface area contributed by atoms with Crippen LogP contribution < -0.4 is 0 Å². The molecule has 0 aromatic heterocycles. The molecule has 42 valence electrons. The Hall–Kier alpha value is 1.76. The molecule has 0 aromatic rings. The zero-order valence-corrected chi connectivity index (χ0v) is 5.47. The fourth-order valence-corrected chi connectivity index (χ4v) is 0. The molecule has 0 aromatic carbocycles. The monoisotopic (exact) mass is 339 g/mol. The fraction of sp³-hybridized carbons (Fsp3) is 0. The molecular formula is H8O2PtSi2Ti. The van der Waals surface area contributed by atoms with Gasteiger partial charge in [-0.25, -0.2) is 0 Å². The zero-order valence-electron chi connectivity index (χ0n) is 1.63. The Balaban J connectivity index is 0. The third kappa shape index (κ3) is 42.2. The van der Waals surface area contributed by atoms with E-state index in [0.717, 1.165) is 0 Å². The van der Waals surface area contributed by atoms with Gasteiger partial charge in [-0.1, -0.05) is 0 Å². The summed E-state index contributed by atoms with van der Waals surface area (Å²) < 4.78 is 0. The summed E-state index contributed by atoms with van der Waals surface area (Å²) in [5.41, 5.74) is 0. The summed E-state index contributed by atoms with van der Waals surface area (Å²) in [6.07, 6.45) is 0. The Labute approximate surface area is 75.3 Å². The minimum absolute atomic E-state index is 0. The number of hydrogen-bond donors (Lipinski definition) is 0. The summed E-state index contributed by atoms with van der Waals surface area (Å²) in [5, 5.41) is 0. The van der Waals surface area contributed by atoms with E-state index in [1.54, 1.807) is 0 Å². The van der Waals surface area contributed by atoms with Crippen molar-refractivity contribution in [2.75, 3.05) is 0 Å². The molecule has 0 aliphatic heterocycles. The van der Waals surface area contributed by atoms with Crippen LogP contribution in [0.1, 0.15) is 0 Å². The Morgan fingerprint density at radius 2 is 0.667 bits per heavy atom. The van der Waals surface area contributed by atoms with Crippen molar-refractivity contribution < 1.29 is 53.7 Å². The maximum Gasteiger partial charge on any atom is 4.00 e. The van der Waals surface area contributed by atoms with E-state index in [1.807, 2.05) is 0 Å². The molecule has 0 saturated heterocycles. The molecule has 0 radical (unpaired) electrons. The van der Waals surface area contributed by atoms with Crippen LogP contribution in [0.3, 0.4) is 0 Å². The fourth-order valence-electron chi connectivity index (χ4n) is 0. The molecule has 0 aliphatic rings. The van der Waals surface area contributed by atoms with Gasteiger partial charge in [0, 0.05) is 21.1 Å². The van der Waals surface area contributed by atoms with E-state index in [4.69, 9.17) is 0 Å². The molecule has 2 nitrogen and oxygen atoms in total. The van der Waals surface area contributed by atoms with Gasteiger partial charge in [0.25, 0.3) is 0 Å². The molecule has 0 saturated carbocycles. The average Bonchev–Trinajstić information content (AvgIpc) is 0. The van der Waals surface area contributed by atoms with Crippen molar-refractivity contribution in [3.8, 4) is 0 Å². The maximum atomic E-state index is 0. The quantitative estimate of drug-likeness (QED) is 0.419. The smallest absolute Gasteiger partial charge is 2.00 e. The van der Waals surface area contributed by atoms with Crippen LogP contribution >= 0.6 is 0 Å². The molecule has 6 heteroatoms. The van der Waals surface area contributed by atoms with Crippen molar-refractivity contribution in [2.45, 2.75) is 0 Å². The van der Waals surface area contributed by atoms with Crippen molar-refractivity contribution >= 4 is 21.9 Å². The van der Waals surface area contributed by atoms with Gasteiger partial charge in [0.2, 0.25) is 0 Å². The van der Waals surface area contributed by atoms with Crippen LogP contribution in [0.25, 0.3) is 0 Å². The van der Waals surface area contributed by atoms with Gasteiger partial charge >= 0.3 is 21.7 Å². The van der Waals surface area contributed by atoms with Crippen LogP contribution in [0, 0.1) is 0 Å². The van der Waals surface area contributed by atoms with Crippen LogP contribution in [-0.2, 0) is 53.7 Å². The summed E-state index contributed by atoms with van der Waals surface area (Å²) in [5.74, 6) is 0. The minimum Gasteiger partial charge on any atom is -2.00 e. The van der Waals surface area contributed by atoms with E-state index in [9.17, 15) is 0 Å². The second-order valence-electron chi connectivity index (χ2n) is 0. The van der Waals surface area contributed by atoms with Crippen molar-refractivity contribution in [3.05, 3.63) is 0 Å². The molecule has 0 rings (SSSR count). The van der Waals surface area contributed by atoms with Gasteiger partial charge in [-0.05, 0) is 21.9 Å². The van der Waals surface area contributed by atoms with E-state index in [-0.39, 0.29) is 75.7 Å². The molecule has 0 atom stereocenters. The standard InChI is InChI=1S/2O.Pt.2H4Si.Ti/h;;;2*1H4;/q2*-2;;;;+4. The van der Waals surface area contributed by atoms with Crippen molar-refractivity contribution in [2.24, 2.45) is 0 Å². The van der Waals surface area contributed by atoms with Gasteiger partial charge in [0.15, 0.2) is 0 Å². The van der Waals surface area contributed by atoms with Crippen LogP contribution in [0.2, 0.25) is 0 Å². The Kier molecular flexibility index (Phi) is 1390. The van der Waals surface area contributed by atoms with Gasteiger partial charge in [-0.2, -0.15) is 0 Å². The average molecular weight is 339 g/mol. The SMILES string of the molecule is [O-2].[O-2].[Pt].[SiH4].[SiH4].[Ti+4]. The van der Waals surface area contributed by atoms with Crippen LogP contribution in [-0.4, -0.2) is 21.9 Å². The molecular weight excluding hydrogens is 331 g/mol. The van der Waals surface area contributed by atoms with Crippen LogP contribution in [0.4, 0.5) is 0 Å². The zero-order chi connectivity index (χ0) is 0.